The van der Waals surface area contributed by atoms with Crippen molar-refractivity contribution in [2.45, 2.75) is 38.1 Å². The molecule has 1 fully saturated rings. The average molecular weight is 282 g/mol. The van der Waals surface area contributed by atoms with Gasteiger partial charge in [-0.2, -0.15) is 0 Å². The zero-order valence-corrected chi connectivity index (χ0v) is 12.0. The van der Waals surface area contributed by atoms with E-state index in [2.05, 4.69) is 19.2 Å². The highest BCUT2D eigenvalue weighted by molar-refractivity contribution is 7.89. The summed E-state index contributed by atoms with van der Waals surface area (Å²) in [4.78, 5) is 12.1. The Balaban J connectivity index is 2.26. The zero-order chi connectivity index (χ0) is 14.4. The van der Waals surface area contributed by atoms with E-state index in [-0.39, 0.29) is 22.3 Å². The van der Waals surface area contributed by atoms with Crippen LogP contribution in [0.4, 0.5) is 0 Å². The SMILES string of the molecule is Cc1ccc(S(N)(=O)=O)cc1C(=O)NC1CC1(C)C. The number of nitrogens with two attached hydrogens (primary N) is 1. The van der Waals surface area contributed by atoms with Crippen LogP contribution in [0.15, 0.2) is 23.1 Å². The van der Waals surface area contributed by atoms with Crippen LogP contribution in [0, 0.1) is 12.3 Å². The highest BCUT2D eigenvalue weighted by Gasteiger charge is 2.46. The molecule has 2 rings (SSSR count). The Bertz CT molecular complexity index is 635. The summed E-state index contributed by atoms with van der Waals surface area (Å²) in [5.74, 6) is -0.251. The van der Waals surface area contributed by atoms with Gasteiger partial charge in [0.1, 0.15) is 0 Å². The summed E-state index contributed by atoms with van der Waals surface area (Å²) >= 11 is 0. The van der Waals surface area contributed by atoms with E-state index in [1.807, 2.05) is 0 Å². The quantitative estimate of drug-likeness (QED) is 0.872. The van der Waals surface area contributed by atoms with Crippen LogP contribution in [0.5, 0.6) is 0 Å². The van der Waals surface area contributed by atoms with Crippen molar-refractivity contribution in [1.82, 2.24) is 5.32 Å². The number of benzene rings is 1. The standard InChI is InChI=1S/C13H18N2O3S/c1-8-4-5-9(19(14,17)18)6-10(8)12(16)15-11-7-13(11,2)3/h4-6,11H,7H2,1-3H3,(H,15,16)(H2,14,17,18). The molecule has 3 N–H and O–H groups in total. The number of sulfonamides is 1. The second kappa shape index (κ2) is 4.31. The molecule has 19 heavy (non-hydrogen) atoms. The van der Waals surface area contributed by atoms with Crippen LogP contribution >= 0.6 is 0 Å². The number of nitrogens with one attached hydrogen (secondary N) is 1. The maximum absolute atomic E-state index is 12.1. The molecule has 0 aromatic heterocycles. The Morgan fingerprint density at radius 2 is 2.00 bits per heavy atom. The van der Waals surface area contributed by atoms with Gasteiger partial charge in [-0.05, 0) is 36.5 Å². The van der Waals surface area contributed by atoms with Crippen molar-refractivity contribution in [3.05, 3.63) is 29.3 Å². The number of carbonyl (C=O) groups excluding carboxylic acids is 1. The van der Waals surface area contributed by atoms with Gasteiger partial charge in [-0.1, -0.05) is 19.9 Å². The van der Waals surface area contributed by atoms with Gasteiger partial charge in [0.05, 0.1) is 4.90 Å². The smallest absolute Gasteiger partial charge is 0.251 e. The second-order valence-electron chi connectivity index (χ2n) is 5.74. The molecular weight excluding hydrogens is 264 g/mol. The van der Waals surface area contributed by atoms with E-state index >= 15 is 0 Å². The van der Waals surface area contributed by atoms with Crippen LogP contribution < -0.4 is 10.5 Å². The molecule has 0 heterocycles. The summed E-state index contributed by atoms with van der Waals surface area (Å²) in [5.41, 5.74) is 1.21. The average Bonchev–Trinajstić information content (AvgIpc) is 2.84. The number of aryl methyl sites for hydroxylation is 1. The van der Waals surface area contributed by atoms with Crippen LogP contribution in [-0.2, 0) is 10.0 Å². The number of hydrogen-bond donors (Lipinski definition) is 2. The largest absolute Gasteiger partial charge is 0.349 e. The lowest BCUT2D eigenvalue weighted by Gasteiger charge is -2.10. The van der Waals surface area contributed by atoms with Crippen LogP contribution in [-0.4, -0.2) is 20.4 Å². The summed E-state index contributed by atoms with van der Waals surface area (Å²) in [6.07, 6.45) is 0.937. The summed E-state index contributed by atoms with van der Waals surface area (Å²) in [6, 6.07) is 4.47. The maximum Gasteiger partial charge on any atom is 0.251 e. The lowest BCUT2D eigenvalue weighted by atomic mass is 10.1. The first-order chi connectivity index (χ1) is 8.61. The molecule has 0 spiro atoms. The van der Waals surface area contributed by atoms with E-state index in [0.717, 1.165) is 12.0 Å². The Morgan fingerprint density at radius 1 is 1.42 bits per heavy atom. The third-order valence-electron chi connectivity index (χ3n) is 3.60. The van der Waals surface area contributed by atoms with Gasteiger partial charge in [-0.3, -0.25) is 4.79 Å². The summed E-state index contributed by atoms with van der Waals surface area (Å²) in [6.45, 7) is 5.91. The van der Waals surface area contributed by atoms with Gasteiger partial charge in [-0.15, -0.1) is 0 Å². The van der Waals surface area contributed by atoms with E-state index in [4.69, 9.17) is 5.14 Å². The third kappa shape index (κ3) is 2.96. The predicted molar refractivity (Wildman–Crippen MR) is 72.2 cm³/mol. The Labute approximate surface area is 113 Å². The molecule has 0 aliphatic heterocycles. The van der Waals surface area contributed by atoms with E-state index in [9.17, 15) is 13.2 Å². The fourth-order valence-electron chi connectivity index (χ4n) is 1.97. The fourth-order valence-corrected chi connectivity index (χ4v) is 2.51. The molecule has 1 aromatic carbocycles. The first kappa shape index (κ1) is 14.0. The lowest BCUT2D eigenvalue weighted by Crippen LogP contribution is -2.29. The number of primary sulfonamides is 1. The summed E-state index contributed by atoms with van der Waals surface area (Å²) in [5, 5.41) is 7.98. The minimum Gasteiger partial charge on any atom is -0.349 e. The summed E-state index contributed by atoms with van der Waals surface area (Å²) in [7, 11) is -3.79. The predicted octanol–water partition coefficient (Wildman–Crippen LogP) is 1.17. The minimum absolute atomic E-state index is 0.0432. The van der Waals surface area contributed by atoms with E-state index in [1.54, 1.807) is 13.0 Å². The number of carbonyl (C=O) groups is 1. The molecule has 0 bridgehead atoms. The monoisotopic (exact) mass is 282 g/mol. The molecule has 1 saturated carbocycles. The highest BCUT2D eigenvalue weighted by atomic mass is 32.2. The van der Waals surface area contributed by atoms with Crippen molar-refractivity contribution in [3.8, 4) is 0 Å². The molecule has 1 atom stereocenters. The normalized spacial score (nSPS) is 20.9. The van der Waals surface area contributed by atoms with Crippen LogP contribution in [0.2, 0.25) is 0 Å². The Hall–Kier alpha value is -1.40. The van der Waals surface area contributed by atoms with Gasteiger partial charge < -0.3 is 5.32 Å². The molecule has 1 aliphatic rings. The summed E-state index contributed by atoms with van der Waals surface area (Å²) < 4.78 is 22.6. The van der Waals surface area contributed by atoms with E-state index < -0.39 is 10.0 Å². The molecule has 1 amide bonds. The number of amides is 1. The maximum atomic E-state index is 12.1. The molecule has 0 radical (unpaired) electrons. The second-order valence-corrected chi connectivity index (χ2v) is 7.30. The van der Waals surface area contributed by atoms with Gasteiger partial charge in [0, 0.05) is 11.6 Å². The van der Waals surface area contributed by atoms with Crippen LogP contribution in [0.3, 0.4) is 0 Å². The van der Waals surface area contributed by atoms with Gasteiger partial charge in [0.25, 0.3) is 5.91 Å². The van der Waals surface area contributed by atoms with Crippen molar-refractivity contribution < 1.29 is 13.2 Å². The van der Waals surface area contributed by atoms with Crippen molar-refractivity contribution in [2.75, 3.05) is 0 Å². The molecule has 0 saturated heterocycles. The van der Waals surface area contributed by atoms with Crippen molar-refractivity contribution >= 4 is 15.9 Å². The van der Waals surface area contributed by atoms with Crippen LogP contribution in [0.25, 0.3) is 0 Å². The highest BCUT2D eigenvalue weighted by Crippen LogP contribution is 2.44. The minimum atomic E-state index is -3.79. The van der Waals surface area contributed by atoms with Gasteiger partial charge >= 0.3 is 0 Å². The number of hydrogen-bond acceptors (Lipinski definition) is 3. The van der Waals surface area contributed by atoms with E-state index in [1.165, 1.54) is 12.1 Å². The molecule has 5 nitrogen and oxygen atoms in total. The molecule has 6 heteroatoms. The molecule has 104 valence electrons. The van der Waals surface area contributed by atoms with Crippen molar-refractivity contribution in [3.63, 3.8) is 0 Å². The first-order valence-electron chi connectivity index (χ1n) is 6.05. The third-order valence-corrected chi connectivity index (χ3v) is 4.51. The fraction of sp³-hybridized carbons (Fsp3) is 0.462. The van der Waals surface area contributed by atoms with Gasteiger partial charge in [-0.25, -0.2) is 13.6 Å². The van der Waals surface area contributed by atoms with Gasteiger partial charge in [0.2, 0.25) is 10.0 Å². The van der Waals surface area contributed by atoms with Gasteiger partial charge in [0.15, 0.2) is 0 Å². The van der Waals surface area contributed by atoms with Crippen LogP contribution in [0.1, 0.15) is 36.2 Å². The molecule has 1 aliphatic carbocycles. The Kier molecular flexibility index (Phi) is 3.18. The lowest BCUT2D eigenvalue weighted by molar-refractivity contribution is 0.0945. The number of rotatable bonds is 3. The molecular formula is C13H18N2O3S. The van der Waals surface area contributed by atoms with Crippen molar-refractivity contribution in [1.29, 1.82) is 0 Å². The first-order valence-corrected chi connectivity index (χ1v) is 7.60. The molecule has 1 aromatic rings. The zero-order valence-electron chi connectivity index (χ0n) is 11.2. The topological polar surface area (TPSA) is 89.3 Å². The Morgan fingerprint density at radius 3 is 2.47 bits per heavy atom. The van der Waals surface area contributed by atoms with Crippen molar-refractivity contribution in [2.24, 2.45) is 10.6 Å². The molecule has 1 unspecified atom stereocenters. The van der Waals surface area contributed by atoms with E-state index in [0.29, 0.717) is 5.56 Å².